The van der Waals surface area contributed by atoms with Crippen molar-refractivity contribution in [1.82, 2.24) is 0 Å². The Morgan fingerprint density at radius 3 is 2.68 bits per heavy atom. The van der Waals surface area contributed by atoms with Gasteiger partial charge in [0.15, 0.2) is 0 Å². The van der Waals surface area contributed by atoms with E-state index in [1.807, 2.05) is 12.1 Å². The Hall–Kier alpha value is -1.48. The smallest absolute Gasteiger partial charge is 0.129 e. The Bertz CT molecular complexity index is 581. The van der Waals surface area contributed by atoms with E-state index >= 15 is 0 Å². The summed E-state index contributed by atoms with van der Waals surface area (Å²) in [6.07, 6.45) is 1.02. The van der Waals surface area contributed by atoms with Crippen molar-refractivity contribution in [3.05, 3.63) is 57.6 Å². The van der Waals surface area contributed by atoms with E-state index in [0.29, 0.717) is 0 Å². The summed E-state index contributed by atoms with van der Waals surface area (Å²) in [5.74, 6) is 0.272. The number of rotatable bonds is 4. The molecule has 0 radical (unpaired) electrons. The Balaban J connectivity index is 2.16. The first-order valence-corrected chi connectivity index (χ1v) is 7.21. The molecule has 0 bridgehead atoms. The predicted octanol–water partition coefficient (Wildman–Crippen LogP) is 4.64. The molecule has 0 atom stereocenters. The second-order valence-corrected chi connectivity index (χ2v) is 5.46. The molecule has 0 unspecified atom stereocenters. The highest BCUT2D eigenvalue weighted by Crippen LogP contribution is 2.26. The lowest BCUT2D eigenvalue weighted by atomic mass is 10.1. The van der Waals surface area contributed by atoms with Crippen LogP contribution in [-0.4, -0.2) is 5.11 Å². The van der Waals surface area contributed by atoms with Crippen LogP contribution in [-0.2, 0) is 13.0 Å². The number of halogens is 1. The lowest BCUT2D eigenvalue weighted by Gasteiger charge is -2.14. The Morgan fingerprint density at radius 1 is 1.21 bits per heavy atom. The molecule has 19 heavy (non-hydrogen) atoms. The molecule has 0 heterocycles. The SMILES string of the molecule is CCc1cccc(C)c1NCc1ccc(O)c(Br)c1. The van der Waals surface area contributed by atoms with Crippen LogP contribution in [0, 0.1) is 6.92 Å². The predicted molar refractivity (Wildman–Crippen MR) is 83.7 cm³/mol. The van der Waals surface area contributed by atoms with E-state index in [4.69, 9.17) is 0 Å². The molecular weight excluding hydrogens is 302 g/mol. The van der Waals surface area contributed by atoms with Gasteiger partial charge in [0.25, 0.3) is 0 Å². The summed E-state index contributed by atoms with van der Waals surface area (Å²) in [4.78, 5) is 0. The minimum atomic E-state index is 0.272. The van der Waals surface area contributed by atoms with Gasteiger partial charge in [0.05, 0.1) is 4.47 Å². The lowest BCUT2D eigenvalue weighted by molar-refractivity contribution is 0.471. The number of aromatic hydroxyl groups is 1. The number of nitrogens with one attached hydrogen (secondary N) is 1. The molecule has 2 aromatic rings. The molecule has 0 fully saturated rings. The highest BCUT2D eigenvalue weighted by atomic mass is 79.9. The third kappa shape index (κ3) is 3.29. The zero-order valence-corrected chi connectivity index (χ0v) is 12.8. The molecule has 2 aromatic carbocycles. The van der Waals surface area contributed by atoms with Crippen LogP contribution >= 0.6 is 15.9 Å². The summed E-state index contributed by atoms with van der Waals surface area (Å²) in [6, 6.07) is 11.9. The number of benzene rings is 2. The first-order chi connectivity index (χ1) is 9.11. The third-order valence-corrected chi connectivity index (χ3v) is 3.86. The summed E-state index contributed by atoms with van der Waals surface area (Å²) in [7, 11) is 0. The fourth-order valence-electron chi connectivity index (χ4n) is 2.13. The van der Waals surface area contributed by atoms with Crippen LogP contribution in [0.1, 0.15) is 23.6 Å². The molecule has 0 amide bonds. The minimum absolute atomic E-state index is 0.272. The molecule has 2 N–H and O–H groups in total. The van der Waals surface area contributed by atoms with Crippen molar-refractivity contribution in [2.24, 2.45) is 0 Å². The minimum Gasteiger partial charge on any atom is -0.507 e. The second kappa shape index (κ2) is 6.11. The van der Waals surface area contributed by atoms with E-state index in [-0.39, 0.29) is 5.75 Å². The normalized spacial score (nSPS) is 10.5. The number of anilines is 1. The highest BCUT2D eigenvalue weighted by molar-refractivity contribution is 9.10. The molecule has 2 nitrogen and oxygen atoms in total. The van der Waals surface area contributed by atoms with Gasteiger partial charge in [0.2, 0.25) is 0 Å². The second-order valence-electron chi connectivity index (χ2n) is 4.60. The van der Waals surface area contributed by atoms with Gasteiger partial charge in [0, 0.05) is 12.2 Å². The van der Waals surface area contributed by atoms with Crippen LogP contribution in [0.3, 0.4) is 0 Å². The molecule has 0 aliphatic heterocycles. The molecule has 0 aliphatic carbocycles. The molecule has 2 rings (SSSR count). The monoisotopic (exact) mass is 319 g/mol. The number of phenols is 1. The molecule has 100 valence electrons. The van der Waals surface area contributed by atoms with Crippen LogP contribution in [0.25, 0.3) is 0 Å². The van der Waals surface area contributed by atoms with Gasteiger partial charge in [-0.2, -0.15) is 0 Å². The van der Waals surface area contributed by atoms with E-state index in [9.17, 15) is 5.11 Å². The van der Waals surface area contributed by atoms with Crippen molar-refractivity contribution in [3.8, 4) is 5.75 Å². The van der Waals surface area contributed by atoms with Gasteiger partial charge >= 0.3 is 0 Å². The van der Waals surface area contributed by atoms with Crippen LogP contribution in [0.5, 0.6) is 5.75 Å². The van der Waals surface area contributed by atoms with Crippen molar-refractivity contribution in [1.29, 1.82) is 0 Å². The average molecular weight is 320 g/mol. The molecule has 0 aromatic heterocycles. The first-order valence-electron chi connectivity index (χ1n) is 6.41. The van der Waals surface area contributed by atoms with Crippen molar-refractivity contribution in [2.75, 3.05) is 5.32 Å². The maximum Gasteiger partial charge on any atom is 0.129 e. The highest BCUT2D eigenvalue weighted by Gasteiger charge is 2.04. The fraction of sp³-hybridized carbons (Fsp3) is 0.250. The van der Waals surface area contributed by atoms with Crippen LogP contribution in [0.2, 0.25) is 0 Å². The molecule has 0 spiro atoms. The zero-order valence-electron chi connectivity index (χ0n) is 11.2. The maximum atomic E-state index is 9.49. The van der Waals surface area contributed by atoms with Crippen molar-refractivity contribution in [3.63, 3.8) is 0 Å². The van der Waals surface area contributed by atoms with Crippen molar-refractivity contribution < 1.29 is 5.11 Å². The number of phenolic OH excluding ortho intramolecular Hbond substituents is 1. The van der Waals surface area contributed by atoms with E-state index in [2.05, 4.69) is 53.3 Å². The Labute approximate surface area is 122 Å². The van der Waals surface area contributed by atoms with Gasteiger partial charge in [-0.3, -0.25) is 0 Å². The van der Waals surface area contributed by atoms with E-state index in [0.717, 1.165) is 23.0 Å². The lowest BCUT2D eigenvalue weighted by Crippen LogP contribution is -2.04. The quantitative estimate of drug-likeness (QED) is 0.860. The van der Waals surface area contributed by atoms with E-state index in [1.165, 1.54) is 16.8 Å². The topological polar surface area (TPSA) is 32.3 Å². The standard InChI is InChI=1S/C16H18BrNO/c1-3-13-6-4-5-11(2)16(13)18-10-12-7-8-15(19)14(17)9-12/h4-9,18-19H,3,10H2,1-2H3. The number of hydrogen-bond donors (Lipinski definition) is 2. The van der Waals surface area contributed by atoms with E-state index < -0.39 is 0 Å². The Kier molecular flexibility index (Phi) is 4.48. The van der Waals surface area contributed by atoms with Gasteiger partial charge < -0.3 is 10.4 Å². The third-order valence-electron chi connectivity index (χ3n) is 3.22. The summed E-state index contributed by atoms with van der Waals surface area (Å²) in [5.41, 5.74) is 4.94. The summed E-state index contributed by atoms with van der Waals surface area (Å²) < 4.78 is 0.729. The van der Waals surface area contributed by atoms with Crippen molar-refractivity contribution >= 4 is 21.6 Å². The molecule has 3 heteroatoms. The van der Waals surface area contributed by atoms with Crippen molar-refractivity contribution in [2.45, 2.75) is 26.8 Å². The average Bonchev–Trinajstić information content (AvgIpc) is 2.41. The first kappa shape index (κ1) is 13.9. The zero-order chi connectivity index (χ0) is 13.8. The summed E-state index contributed by atoms with van der Waals surface area (Å²) >= 11 is 3.34. The summed E-state index contributed by atoms with van der Waals surface area (Å²) in [5, 5.41) is 13.0. The largest absolute Gasteiger partial charge is 0.507 e. The van der Waals surface area contributed by atoms with Gasteiger partial charge in [-0.05, 0) is 58.1 Å². The van der Waals surface area contributed by atoms with Gasteiger partial charge in [-0.25, -0.2) is 0 Å². The maximum absolute atomic E-state index is 9.49. The van der Waals surface area contributed by atoms with Crippen LogP contribution in [0.15, 0.2) is 40.9 Å². The molecule has 0 aliphatic rings. The van der Waals surface area contributed by atoms with E-state index in [1.54, 1.807) is 6.07 Å². The number of para-hydroxylation sites is 1. The Morgan fingerprint density at radius 2 is 2.00 bits per heavy atom. The van der Waals surface area contributed by atoms with Gasteiger partial charge in [-0.15, -0.1) is 0 Å². The molecule has 0 saturated heterocycles. The summed E-state index contributed by atoms with van der Waals surface area (Å²) in [6.45, 7) is 5.03. The van der Waals surface area contributed by atoms with Gasteiger partial charge in [0.1, 0.15) is 5.75 Å². The van der Waals surface area contributed by atoms with Gasteiger partial charge in [-0.1, -0.05) is 31.2 Å². The molecule has 0 saturated carbocycles. The number of aryl methyl sites for hydroxylation is 2. The number of hydrogen-bond acceptors (Lipinski definition) is 2. The fourth-order valence-corrected chi connectivity index (χ4v) is 2.55. The van der Waals surface area contributed by atoms with Crippen LogP contribution in [0.4, 0.5) is 5.69 Å². The van der Waals surface area contributed by atoms with Crippen LogP contribution < -0.4 is 5.32 Å². The molecular formula is C16H18BrNO.